The Balaban J connectivity index is 2.39. The van der Waals surface area contributed by atoms with Crippen LogP contribution in [0.15, 0.2) is 12.3 Å². The first kappa shape index (κ1) is 14.0. The van der Waals surface area contributed by atoms with Crippen LogP contribution >= 0.6 is 0 Å². The van der Waals surface area contributed by atoms with Crippen molar-refractivity contribution in [2.45, 2.75) is 32.3 Å². The quantitative estimate of drug-likeness (QED) is 0.838. The summed E-state index contributed by atoms with van der Waals surface area (Å²) in [5, 5.41) is 0. The number of nitrogens with two attached hydrogens (primary N) is 1. The van der Waals surface area contributed by atoms with Gasteiger partial charge in [-0.25, -0.2) is 4.98 Å². The standard InChI is InChI=1S/C14H20N2O3/c1-3-19-14(5-8-18-9-6-14)12(17)11-10(2)4-7-16-13(11)15/h4,7H,3,5-6,8-9H2,1-2H3,(H2,15,16). The molecule has 1 fully saturated rings. The van der Waals surface area contributed by atoms with Crippen LogP contribution in [0.3, 0.4) is 0 Å². The number of hydrogen-bond donors (Lipinski definition) is 1. The number of carbonyl (C=O) groups excluding carboxylic acids is 1. The Hall–Kier alpha value is -1.46. The van der Waals surface area contributed by atoms with Crippen LogP contribution in [-0.2, 0) is 9.47 Å². The number of rotatable bonds is 4. The lowest BCUT2D eigenvalue weighted by Crippen LogP contribution is -2.47. The van der Waals surface area contributed by atoms with Crippen molar-refractivity contribution in [3.63, 3.8) is 0 Å². The fraction of sp³-hybridized carbons (Fsp3) is 0.571. The highest BCUT2D eigenvalue weighted by atomic mass is 16.5. The molecular formula is C14H20N2O3. The Kier molecular flexibility index (Phi) is 4.17. The molecule has 19 heavy (non-hydrogen) atoms. The van der Waals surface area contributed by atoms with Crippen molar-refractivity contribution in [3.8, 4) is 0 Å². The molecule has 0 radical (unpaired) electrons. The average Bonchev–Trinajstić information content (AvgIpc) is 2.40. The molecule has 0 bridgehead atoms. The number of ether oxygens (including phenoxy) is 2. The molecule has 2 rings (SSSR count). The maximum atomic E-state index is 12.9. The molecule has 0 aromatic carbocycles. The van der Waals surface area contributed by atoms with Gasteiger partial charge in [0, 0.05) is 38.9 Å². The Morgan fingerprint density at radius 1 is 1.53 bits per heavy atom. The second kappa shape index (κ2) is 5.67. The topological polar surface area (TPSA) is 74.4 Å². The number of anilines is 1. The number of ketones is 1. The molecule has 1 aromatic heterocycles. The van der Waals surface area contributed by atoms with Gasteiger partial charge >= 0.3 is 0 Å². The number of nitrogen functional groups attached to an aromatic ring is 1. The molecule has 0 amide bonds. The number of nitrogens with zero attached hydrogens (tertiary/aromatic N) is 1. The highest BCUT2D eigenvalue weighted by molar-refractivity contribution is 6.06. The fourth-order valence-corrected chi connectivity index (χ4v) is 2.52. The predicted molar refractivity (Wildman–Crippen MR) is 72.1 cm³/mol. The SMILES string of the molecule is CCOC1(C(=O)c2c(C)ccnc2N)CCOCC1. The number of Topliss-reactive ketones (excluding diaryl/α,β-unsaturated/α-hetero) is 1. The third-order valence-corrected chi connectivity index (χ3v) is 3.55. The number of aromatic nitrogens is 1. The molecular weight excluding hydrogens is 244 g/mol. The van der Waals surface area contributed by atoms with E-state index in [1.54, 1.807) is 12.3 Å². The summed E-state index contributed by atoms with van der Waals surface area (Å²) in [5.74, 6) is 0.205. The lowest BCUT2D eigenvalue weighted by atomic mass is 9.84. The molecule has 2 heterocycles. The van der Waals surface area contributed by atoms with E-state index in [0.717, 1.165) is 5.56 Å². The van der Waals surface area contributed by atoms with E-state index >= 15 is 0 Å². The molecule has 0 spiro atoms. The van der Waals surface area contributed by atoms with E-state index in [0.29, 0.717) is 38.2 Å². The molecule has 5 heteroatoms. The average molecular weight is 264 g/mol. The first-order valence-corrected chi connectivity index (χ1v) is 6.58. The lowest BCUT2D eigenvalue weighted by Gasteiger charge is -2.35. The van der Waals surface area contributed by atoms with Crippen molar-refractivity contribution in [2.75, 3.05) is 25.6 Å². The lowest BCUT2D eigenvalue weighted by molar-refractivity contribution is -0.0822. The number of pyridine rings is 1. The van der Waals surface area contributed by atoms with Crippen molar-refractivity contribution in [1.29, 1.82) is 0 Å². The summed E-state index contributed by atoms with van der Waals surface area (Å²) in [6.45, 7) is 5.31. The van der Waals surface area contributed by atoms with E-state index in [-0.39, 0.29) is 11.6 Å². The molecule has 1 aliphatic heterocycles. The van der Waals surface area contributed by atoms with Crippen LogP contribution in [0.25, 0.3) is 0 Å². The van der Waals surface area contributed by atoms with Crippen molar-refractivity contribution in [1.82, 2.24) is 4.98 Å². The van der Waals surface area contributed by atoms with Crippen molar-refractivity contribution in [2.24, 2.45) is 0 Å². The number of aryl methyl sites for hydroxylation is 1. The Morgan fingerprint density at radius 3 is 2.79 bits per heavy atom. The van der Waals surface area contributed by atoms with E-state index in [1.807, 2.05) is 13.8 Å². The first-order valence-electron chi connectivity index (χ1n) is 6.58. The molecule has 0 unspecified atom stereocenters. The van der Waals surface area contributed by atoms with Crippen LogP contribution in [-0.4, -0.2) is 36.2 Å². The third kappa shape index (κ3) is 2.62. The number of hydrogen-bond acceptors (Lipinski definition) is 5. The molecule has 1 aliphatic rings. The summed E-state index contributed by atoms with van der Waals surface area (Å²) in [7, 11) is 0. The van der Waals surface area contributed by atoms with Gasteiger partial charge in [0.15, 0.2) is 5.78 Å². The van der Waals surface area contributed by atoms with E-state index in [1.165, 1.54) is 0 Å². The molecule has 0 atom stereocenters. The molecule has 0 aliphatic carbocycles. The monoisotopic (exact) mass is 264 g/mol. The van der Waals surface area contributed by atoms with Gasteiger partial charge in [-0.1, -0.05) is 0 Å². The Bertz CT molecular complexity index is 442. The zero-order valence-electron chi connectivity index (χ0n) is 11.4. The van der Waals surface area contributed by atoms with Crippen molar-refractivity contribution in [3.05, 3.63) is 23.4 Å². The van der Waals surface area contributed by atoms with Crippen LogP contribution < -0.4 is 5.73 Å². The van der Waals surface area contributed by atoms with Crippen LogP contribution in [0.5, 0.6) is 0 Å². The van der Waals surface area contributed by atoms with Gasteiger partial charge in [0.1, 0.15) is 11.4 Å². The van der Waals surface area contributed by atoms with Crippen LogP contribution in [0, 0.1) is 6.92 Å². The molecule has 2 N–H and O–H groups in total. The molecule has 104 valence electrons. The second-order valence-electron chi connectivity index (χ2n) is 4.76. The summed E-state index contributed by atoms with van der Waals surface area (Å²) >= 11 is 0. The molecule has 1 saturated heterocycles. The predicted octanol–water partition coefficient (Wildman–Crippen LogP) is 1.74. The van der Waals surface area contributed by atoms with Gasteiger partial charge in [0.05, 0.1) is 5.56 Å². The summed E-state index contributed by atoms with van der Waals surface area (Å²) in [6.07, 6.45) is 2.74. The smallest absolute Gasteiger partial charge is 0.198 e. The first-order chi connectivity index (χ1) is 9.10. The van der Waals surface area contributed by atoms with Gasteiger partial charge in [0.25, 0.3) is 0 Å². The van der Waals surface area contributed by atoms with Gasteiger partial charge in [-0.05, 0) is 25.5 Å². The molecule has 1 aromatic rings. The minimum absolute atomic E-state index is 0.0687. The minimum Gasteiger partial charge on any atom is -0.383 e. The minimum atomic E-state index is -0.811. The van der Waals surface area contributed by atoms with Crippen LogP contribution in [0.1, 0.15) is 35.7 Å². The van der Waals surface area contributed by atoms with E-state index < -0.39 is 5.60 Å². The van der Waals surface area contributed by atoms with E-state index in [4.69, 9.17) is 15.2 Å². The van der Waals surface area contributed by atoms with Crippen molar-refractivity contribution < 1.29 is 14.3 Å². The third-order valence-electron chi connectivity index (χ3n) is 3.55. The maximum absolute atomic E-state index is 12.9. The Morgan fingerprint density at radius 2 is 2.21 bits per heavy atom. The van der Waals surface area contributed by atoms with Gasteiger partial charge in [-0.3, -0.25) is 4.79 Å². The highest BCUT2D eigenvalue weighted by Crippen LogP contribution is 2.31. The van der Waals surface area contributed by atoms with E-state index in [2.05, 4.69) is 4.98 Å². The highest BCUT2D eigenvalue weighted by Gasteiger charge is 2.42. The van der Waals surface area contributed by atoms with Gasteiger partial charge in [0.2, 0.25) is 0 Å². The van der Waals surface area contributed by atoms with Gasteiger partial charge in [-0.15, -0.1) is 0 Å². The van der Waals surface area contributed by atoms with Gasteiger partial charge < -0.3 is 15.2 Å². The summed E-state index contributed by atoms with van der Waals surface area (Å²) in [6, 6.07) is 1.79. The zero-order chi connectivity index (χ0) is 13.9. The molecule has 5 nitrogen and oxygen atoms in total. The van der Waals surface area contributed by atoms with E-state index in [9.17, 15) is 4.79 Å². The Labute approximate surface area is 113 Å². The zero-order valence-corrected chi connectivity index (χ0v) is 11.4. The van der Waals surface area contributed by atoms with Crippen LogP contribution in [0.2, 0.25) is 0 Å². The summed E-state index contributed by atoms with van der Waals surface area (Å²) in [4.78, 5) is 16.9. The fourth-order valence-electron chi connectivity index (χ4n) is 2.52. The largest absolute Gasteiger partial charge is 0.383 e. The number of carbonyl (C=O) groups is 1. The summed E-state index contributed by atoms with van der Waals surface area (Å²) < 4.78 is 11.1. The maximum Gasteiger partial charge on any atom is 0.198 e. The van der Waals surface area contributed by atoms with Gasteiger partial charge in [-0.2, -0.15) is 0 Å². The normalized spacial score (nSPS) is 18.2. The second-order valence-corrected chi connectivity index (χ2v) is 4.76. The van der Waals surface area contributed by atoms with Crippen LogP contribution in [0.4, 0.5) is 5.82 Å². The summed E-state index contributed by atoms with van der Waals surface area (Å²) in [5.41, 5.74) is 6.37. The van der Waals surface area contributed by atoms with Crippen molar-refractivity contribution >= 4 is 11.6 Å². The molecule has 0 saturated carbocycles.